The average Bonchev–Trinajstić information content (AvgIpc) is 2.73. The zero-order valence-corrected chi connectivity index (χ0v) is 16.8. The molecule has 0 fully saturated rings. The molecule has 2 aromatic carbocycles. The summed E-state index contributed by atoms with van der Waals surface area (Å²) in [5, 5.41) is 2.74. The van der Waals surface area contributed by atoms with Crippen LogP contribution in [0.3, 0.4) is 0 Å². The number of unbranched alkanes of at least 4 members (excludes halogenated alkanes) is 1. The normalized spacial score (nSPS) is 10.6. The monoisotopic (exact) mass is 410 g/mol. The lowest BCUT2D eigenvalue weighted by atomic mass is 10.1. The highest BCUT2D eigenvalue weighted by Crippen LogP contribution is 2.26. The van der Waals surface area contributed by atoms with Crippen molar-refractivity contribution in [2.24, 2.45) is 0 Å². The molecule has 156 valence electrons. The van der Waals surface area contributed by atoms with Crippen molar-refractivity contribution >= 4 is 5.91 Å². The molecule has 0 aliphatic carbocycles. The fraction of sp³-hybridized carbons (Fsp3) is 0.250. The molecule has 3 rings (SSSR count). The van der Waals surface area contributed by atoms with Gasteiger partial charge < -0.3 is 10.1 Å². The predicted molar refractivity (Wildman–Crippen MR) is 112 cm³/mol. The topological polar surface area (TPSA) is 51.2 Å². The highest BCUT2D eigenvalue weighted by Gasteiger charge is 2.09. The van der Waals surface area contributed by atoms with E-state index in [9.17, 15) is 13.6 Å². The van der Waals surface area contributed by atoms with Gasteiger partial charge in [0.2, 0.25) is 5.91 Å². The van der Waals surface area contributed by atoms with E-state index in [0.29, 0.717) is 34.7 Å². The molecule has 6 heteroatoms. The molecule has 0 saturated heterocycles. The van der Waals surface area contributed by atoms with Gasteiger partial charge in [0.25, 0.3) is 0 Å². The Morgan fingerprint density at radius 3 is 2.67 bits per heavy atom. The van der Waals surface area contributed by atoms with Crippen molar-refractivity contribution in [1.29, 1.82) is 0 Å². The minimum atomic E-state index is -0.383. The minimum Gasteiger partial charge on any atom is -0.493 e. The number of carbonyl (C=O) groups is 1. The fourth-order valence-corrected chi connectivity index (χ4v) is 2.92. The molecule has 4 nitrogen and oxygen atoms in total. The number of amides is 1. The van der Waals surface area contributed by atoms with Crippen molar-refractivity contribution in [3.63, 3.8) is 0 Å². The quantitative estimate of drug-likeness (QED) is 0.502. The van der Waals surface area contributed by atoms with Gasteiger partial charge in [-0.15, -0.1) is 0 Å². The third-order valence-corrected chi connectivity index (χ3v) is 4.56. The first-order valence-corrected chi connectivity index (χ1v) is 9.94. The zero-order valence-electron chi connectivity index (χ0n) is 16.8. The van der Waals surface area contributed by atoms with Crippen LogP contribution in [0.1, 0.15) is 31.0 Å². The van der Waals surface area contributed by atoms with Crippen LogP contribution < -0.4 is 10.1 Å². The standard InChI is InChI=1S/C24H24F2N2O2/c1-2-3-11-30-21-9-10-22(23(26)14-21)18-7-8-20(27-16-18)13-24(29)28-15-17-5-4-6-19(25)12-17/h4-10,12,14,16H,2-3,11,13,15H2,1H3,(H,28,29). The van der Waals surface area contributed by atoms with Crippen LogP contribution >= 0.6 is 0 Å². The molecule has 0 bridgehead atoms. The number of nitrogens with one attached hydrogen (secondary N) is 1. The Bertz CT molecular complexity index is 991. The maximum atomic E-state index is 14.4. The van der Waals surface area contributed by atoms with Crippen molar-refractivity contribution in [1.82, 2.24) is 10.3 Å². The summed E-state index contributed by atoms with van der Waals surface area (Å²) in [6.07, 6.45) is 3.57. The molecule has 1 N–H and O–H groups in total. The van der Waals surface area contributed by atoms with Crippen LogP contribution in [0.2, 0.25) is 0 Å². The molecular weight excluding hydrogens is 386 g/mol. The minimum absolute atomic E-state index is 0.0856. The first kappa shape index (κ1) is 21.4. The number of pyridine rings is 1. The largest absolute Gasteiger partial charge is 0.493 e. The number of benzene rings is 2. The Labute approximate surface area is 174 Å². The number of aromatic nitrogens is 1. The van der Waals surface area contributed by atoms with E-state index in [1.807, 2.05) is 0 Å². The van der Waals surface area contributed by atoms with Crippen LogP contribution in [0.25, 0.3) is 11.1 Å². The highest BCUT2D eigenvalue weighted by molar-refractivity contribution is 5.78. The first-order valence-electron chi connectivity index (χ1n) is 9.94. The molecule has 1 heterocycles. The summed E-state index contributed by atoms with van der Waals surface area (Å²) in [5.74, 6) is -0.443. The van der Waals surface area contributed by atoms with Gasteiger partial charge in [0.15, 0.2) is 0 Å². The van der Waals surface area contributed by atoms with Crippen LogP contribution in [0.4, 0.5) is 8.78 Å². The molecule has 0 aliphatic rings. The second kappa shape index (κ2) is 10.5. The average molecular weight is 410 g/mol. The van der Waals surface area contributed by atoms with Gasteiger partial charge in [-0.2, -0.15) is 0 Å². The van der Waals surface area contributed by atoms with E-state index < -0.39 is 0 Å². The Balaban J connectivity index is 1.57. The molecule has 0 radical (unpaired) electrons. The van der Waals surface area contributed by atoms with Crippen LogP contribution in [0.15, 0.2) is 60.8 Å². The molecular formula is C24H24F2N2O2. The van der Waals surface area contributed by atoms with Crippen molar-refractivity contribution in [2.45, 2.75) is 32.7 Å². The maximum Gasteiger partial charge on any atom is 0.226 e. The van der Waals surface area contributed by atoms with E-state index in [2.05, 4.69) is 17.2 Å². The number of rotatable bonds is 9. The van der Waals surface area contributed by atoms with Crippen molar-refractivity contribution in [3.05, 3.63) is 83.7 Å². The van der Waals surface area contributed by atoms with Gasteiger partial charge in [0.05, 0.1) is 13.0 Å². The van der Waals surface area contributed by atoms with Crippen molar-refractivity contribution < 1.29 is 18.3 Å². The van der Waals surface area contributed by atoms with E-state index in [4.69, 9.17) is 4.74 Å². The lowest BCUT2D eigenvalue weighted by molar-refractivity contribution is -0.120. The fourth-order valence-electron chi connectivity index (χ4n) is 2.92. The summed E-state index contributed by atoms with van der Waals surface area (Å²) in [7, 11) is 0. The van der Waals surface area contributed by atoms with Gasteiger partial charge in [-0.1, -0.05) is 31.5 Å². The predicted octanol–water partition coefficient (Wildman–Crippen LogP) is 5.06. The molecule has 0 aliphatic heterocycles. The van der Waals surface area contributed by atoms with Crippen LogP contribution in [0.5, 0.6) is 5.75 Å². The van der Waals surface area contributed by atoms with Gasteiger partial charge >= 0.3 is 0 Å². The SMILES string of the molecule is CCCCOc1ccc(-c2ccc(CC(=O)NCc3cccc(F)c3)nc2)c(F)c1. The van der Waals surface area contributed by atoms with E-state index >= 15 is 0 Å². The summed E-state index contributed by atoms with van der Waals surface area (Å²) in [6, 6.07) is 14.3. The van der Waals surface area contributed by atoms with Gasteiger partial charge in [0.1, 0.15) is 17.4 Å². The lowest BCUT2D eigenvalue weighted by Crippen LogP contribution is -2.24. The number of hydrogen-bond donors (Lipinski definition) is 1. The maximum absolute atomic E-state index is 14.4. The summed E-state index contributed by atoms with van der Waals surface area (Å²) >= 11 is 0. The van der Waals surface area contributed by atoms with E-state index in [1.165, 1.54) is 18.2 Å². The smallest absolute Gasteiger partial charge is 0.226 e. The molecule has 0 atom stereocenters. The Morgan fingerprint density at radius 1 is 1.10 bits per heavy atom. The molecule has 1 amide bonds. The number of carbonyl (C=O) groups excluding carboxylic acids is 1. The number of ether oxygens (including phenoxy) is 1. The first-order chi connectivity index (χ1) is 14.5. The number of nitrogens with zero attached hydrogens (tertiary/aromatic N) is 1. The zero-order chi connectivity index (χ0) is 21.3. The van der Waals surface area contributed by atoms with E-state index in [-0.39, 0.29) is 30.5 Å². The molecule has 0 spiro atoms. The molecule has 0 unspecified atom stereocenters. The van der Waals surface area contributed by atoms with E-state index in [0.717, 1.165) is 12.8 Å². The second-order valence-corrected chi connectivity index (χ2v) is 6.97. The Kier molecular flexibility index (Phi) is 7.49. The summed E-state index contributed by atoms with van der Waals surface area (Å²) in [4.78, 5) is 16.4. The third-order valence-electron chi connectivity index (χ3n) is 4.56. The number of hydrogen-bond acceptors (Lipinski definition) is 3. The number of halogens is 2. The van der Waals surface area contributed by atoms with Crippen LogP contribution in [0, 0.1) is 11.6 Å². The Morgan fingerprint density at radius 2 is 1.97 bits per heavy atom. The Hall–Kier alpha value is -3.28. The molecule has 30 heavy (non-hydrogen) atoms. The summed E-state index contributed by atoms with van der Waals surface area (Å²) < 4.78 is 33.1. The van der Waals surface area contributed by atoms with Gasteiger partial charge in [-0.25, -0.2) is 8.78 Å². The highest BCUT2D eigenvalue weighted by atomic mass is 19.1. The third kappa shape index (κ3) is 6.11. The van der Waals surface area contributed by atoms with Crippen molar-refractivity contribution in [3.8, 4) is 16.9 Å². The summed E-state index contributed by atoms with van der Waals surface area (Å²) in [6.45, 7) is 2.87. The van der Waals surface area contributed by atoms with Gasteiger partial charge in [-0.05, 0) is 42.3 Å². The van der Waals surface area contributed by atoms with Crippen LogP contribution in [-0.4, -0.2) is 17.5 Å². The van der Waals surface area contributed by atoms with E-state index in [1.54, 1.807) is 42.6 Å². The van der Waals surface area contributed by atoms with Gasteiger partial charge in [-0.3, -0.25) is 9.78 Å². The van der Waals surface area contributed by atoms with Crippen molar-refractivity contribution in [2.75, 3.05) is 6.61 Å². The molecule has 1 aromatic heterocycles. The van der Waals surface area contributed by atoms with Gasteiger partial charge in [0, 0.05) is 35.6 Å². The summed E-state index contributed by atoms with van der Waals surface area (Å²) in [5.41, 5.74) is 2.30. The lowest BCUT2D eigenvalue weighted by Gasteiger charge is -2.09. The molecule has 0 saturated carbocycles. The molecule has 3 aromatic rings. The second-order valence-electron chi connectivity index (χ2n) is 6.97. The van der Waals surface area contributed by atoms with Crippen LogP contribution in [-0.2, 0) is 17.8 Å².